The lowest BCUT2D eigenvalue weighted by Crippen LogP contribution is -2.28. The van der Waals surface area contributed by atoms with Gasteiger partial charge < -0.3 is 0 Å². The van der Waals surface area contributed by atoms with Gasteiger partial charge in [0.05, 0.1) is 16.6 Å². The van der Waals surface area contributed by atoms with Crippen molar-refractivity contribution in [3.8, 4) is 16.4 Å². The fourth-order valence-corrected chi connectivity index (χ4v) is 3.47. The van der Waals surface area contributed by atoms with Gasteiger partial charge in [0, 0.05) is 17.0 Å². The van der Waals surface area contributed by atoms with Crippen LogP contribution in [0.25, 0.3) is 27.3 Å². The van der Waals surface area contributed by atoms with Gasteiger partial charge in [-0.1, -0.05) is 30.3 Å². The highest BCUT2D eigenvalue weighted by Gasteiger charge is 2.38. The zero-order valence-electron chi connectivity index (χ0n) is 13.4. The highest BCUT2D eigenvalue weighted by Crippen LogP contribution is 2.31. The Kier molecular flexibility index (Phi) is 4.03. The molecule has 0 aliphatic heterocycles. The van der Waals surface area contributed by atoms with Gasteiger partial charge in [0.2, 0.25) is 5.82 Å². The Morgan fingerprint density at radius 1 is 1.00 bits per heavy atom. The molecule has 0 fully saturated rings. The fraction of sp³-hybridized carbons (Fsp3) is 0.0556. The lowest BCUT2D eigenvalue weighted by atomic mass is 10.2. The van der Waals surface area contributed by atoms with Crippen LogP contribution in [-0.2, 0) is 6.18 Å². The standard InChI is InChI=1S/C18H9F4N3OS/c19-11-6-7-12-13(8-11)23-16(18(20,21)22)25(15(12)26)17-24-14(9-27-17)10-4-2-1-3-5-10/h1-9H. The van der Waals surface area contributed by atoms with Crippen LogP contribution in [-0.4, -0.2) is 14.5 Å². The maximum absolute atomic E-state index is 13.5. The number of benzene rings is 2. The first-order valence-electron chi connectivity index (χ1n) is 7.65. The average molecular weight is 391 g/mol. The first kappa shape index (κ1) is 17.3. The summed E-state index contributed by atoms with van der Waals surface area (Å²) in [6, 6.07) is 11.8. The average Bonchev–Trinajstić information content (AvgIpc) is 3.11. The lowest BCUT2D eigenvalue weighted by Gasteiger charge is -2.13. The van der Waals surface area contributed by atoms with Gasteiger partial charge in [-0.05, 0) is 12.1 Å². The molecule has 27 heavy (non-hydrogen) atoms. The zero-order valence-corrected chi connectivity index (χ0v) is 14.2. The predicted octanol–water partition coefficient (Wildman–Crippen LogP) is 4.67. The van der Waals surface area contributed by atoms with E-state index in [4.69, 9.17) is 0 Å². The van der Waals surface area contributed by atoms with Crippen molar-refractivity contribution in [2.75, 3.05) is 0 Å². The molecule has 0 spiro atoms. The summed E-state index contributed by atoms with van der Waals surface area (Å²) in [5.41, 5.74) is -0.169. The van der Waals surface area contributed by atoms with Gasteiger partial charge >= 0.3 is 6.18 Å². The van der Waals surface area contributed by atoms with E-state index in [1.165, 1.54) is 0 Å². The molecule has 0 amide bonds. The number of hydrogen-bond acceptors (Lipinski definition) is 4. The van der Waals surface area contributed by atoms with Crippen molar-refractivity contribution in [2.24, 2.45) is 0 Å². The first-order chi connectivity index (χ1) is 12.8. The van der Waals surface area contributed by atoms with Crippen LogP contribution in [0.4, 0.5) is 17.6 Å². The van der Waals surface area contributed by atoms with Gasteiger partial charge in [0.25, 0.3) is 5.56 Å². The Bertz CT molecular complexity index is 1200. The third-order valence-corrected chi connectivity index (χ3v) is 4.66. The van der Waals surface area contributed by atoms with E-state index in [1.807, 2.05) is 0 Å². The molecule has 136 valence electrons. The molecule has 4 rings (SSSR count). The molecule has 0 saturated heterocycles. The fourth-order valence-electron chi connectivity index (χ4n) is 2.63. The molecule has 0 radical (unpaired) electrons. The zero-order chi connectivity index (χ0) is 19.2. The summed E-state index contributed by atoms with van der Waals surface area (Å²) >= 11 is 0.891. The van der Waals surface area contributed by atoms with E-state index in [0.29, 0.717) is 15.8 Å². The molecule has 0 unspecified atom stereocenters. The molecule has 0 saturated carbocycles. The van der Waals surface area contributed by atoms with E-state index in [1.54, 1.807) is 35.7 Å². The quantitative estimate of drug-likeness (QED) is 0.467. The Balaban J connectivity index is 1.98. The molecule has 0 atom stereocenters. The van der Waals surface area contributed by atoms with Crippen LogP contribution in [0.5, 0.6) is 0 Å². The van der Waals surface area contributed by atoms with Gasteiger partial charge in [-0.3, -0.25) is 4.79 Å². The third-order valence-electron chi connectivity index (χ3n) is 3.84. The van der Waals surface area contributed by atoms with Crippen LogP contribution in [0.1, 0.15) is 5.82 Å². The van der Waals surface area contributed by atoms with Crippen LogP contribution in [0.2, 0.25) is 0 Å². The topological polar surface area (TPSA) is 47.8 Å². The molecule has 2 heterocycles. The molecule has 9 heteroatoms. The van der Waals surface area contributed by atoms with Gasteiger partial charge in [0.15, 0.2) is 5.13 Å². The number of nitrogens with zero attached hydrogens (tertiary/aromatic N) is 3. The van der Waals surface area contributed by atoms with Crippen molar-refractivity contribution < 1.29 is 17.6 Å². The second-order valence-corrected chi connectivity index (χ2v) is 6.45. The van der Waals surface area contributed by atoms with Crippen molar-refractivity contribution in [1.29, 1.82) is 0 Å². The summed E-state index contributed by atoms with van der Waals surface area (Å²) in [7, 11) is 0. The van der Waals surface area contributed by atoms with E-state index >= 15 is 0 Å². The van der Waals surface area contributed by atoms with Crippen molar-refractivity contribution >= 4 is 22.2 Å². The Morgan fingerprint density at radius 2 is 1.74 bits per heavy atom. The number of thiazole rings is 1. The monoisotopic (exact) mass is 391 g/mol. The molecule has 0 N–H and O–H groups in total. The number of halogens is 4. The summed E-state index contributed by atoms with van der Waals surface area (Å²) in [6.07, 6.45) is -4.92. The second-order valence-electron chi connectivity index (χ2n) is 5.62. The van der Waals surface area contributed by atoms with Gasteiger partial charge in [-0.2, -0.15) is 13.2 Å². The van der Waals surface area contributed by atoms with Crippen LogP contribution in [0.3, 0.4) is 0 Å². The van der Waals surface area contributed by atoms with Crippen molar-refractivity contribution in [1.82, 2.24) is 14.5 Å². The van der Waals surface area contributed by atoms with E-state index in [9.17, 15) is 22.4 Å². The van der Waals surface area contributed by atoms with E-state index < -0.39 is 23.4 Å². The van der Waals surface area contributed by atoms with Crippen molar-refractivity contribution in [3.63, 3.8) is 0 Å². The van der Waals surface area contributed by atoms with Gasteiger partial charge in [0.1, 0.15) is 5.82 Å². The number of rotatable bonds is 2. The van der Waals surface area contributed by atoms with Crippen LogP contribution in [0, 0.1) is 5.82 Å². The third kappa shape index (κ3) is 3.10. The molecular formula is C18H9F4N3OS. The molecule has 4 aromatic rings. The van der Waals surface area contributed by atoms with Crippen molar-refractivity contribution in [3.05, 3.63) is 75.9 Å². The molecule has 2 aromatic heterocycles. The second kappa shape index (κ2) is 6.27. The number of alkyl halides is 3. The summed E-state index contributed by atoms with van der Waals surface area (Å²) in [4.78, 5) is 20.4. The summed E-state index contributed by atoms with van der Waals surface area (Å²) in [6.45, 7) is 0. The molecule has 2 aromatic carbocycles. The van der Waals surface area contributed by atoms with E-state index in [2.05, 4.69) is 9.97 Å². The molecule has 0 bridgehead atoms. The van der Waals surface area contributed by atoms with Crippen LogP contribution in [0.15, 0.2) is 58.7 Å². The molecule has 4 nitrogen and oxygen atoms in total. The summed E-state index contributed by atoms with van der Waals surface area (Å²) in [5, 5.41) is 1.28. The SMILES string of the molecule is O=c1c2ccc(F)cc2nc(C(F)(F)F)n1-c1nc(-c2ccccc2)cs1. The minimum Gasteiger partial charge on any atom is -0.268 e. The maximum Gasteiger partial charge on any atom is 0.450 e. The largest absolute Gasteiger partial charge is 0.450 e. The molecule has 0 aliphatic rings. The van der Waals surface area contributed by atoms with Crippen LogP contribution < -0.4 is 5.56 Å². The number of fused-ring (bicyclic) bond motifs is 1. The minimum absolute atomic E-state index is 0.124. The Morgan fingerprint density at radius 3 is 2.44 bits per heavy atom. The van der Waals surface area contributed by atoms with E-state index in [0.717, 1.165) is 29.5 Å². The normalized spacial score (nSPS) is 11.9. The van der Waals surface area contributed by atoms with Gasteiger partial charge in [-0.15, -0.1) is 11.3 Å². The highest BCUT2D eigenvalue weighted by atomic mass is 32.1. The predicted molar refractivity (Wildman–Crippen MR) is 93.4 cm³/mol. The molecular weight excluding hydrogens is 382 g/mol. The Hall–Kier alpha value is -3.07. The van der Waals surface area contributed by atoms with Crippen molar-refractivity contribution in [2.45, 2.75) is 6.18 Å². The smallest absolute Gasteiger partial charge is 0.268 e. The number of hydrogen-bond donors (Lipinski definition) is 0. The maximum atomic E-state index is 13.5. The minimum atomic E-state index is -4.92. The summed E-state index contributed by atoms with van der Waals surface area (Å²) in [5.74, 6) is -2.22. The lowest BCUT2D eigenvalue weighted by molar-refractivity contribution is -0.146. The van der Waals surface area contributed by atoms with Crippen LogP contribution >= 0.6 is 11.3 Å². The summed E-state index contributed by atoms with van der Waals surface area (Å²) < 4.78 is 54.4. The Labute approximate surface area is 153 Å². The van der Waals surface area contributed by atoms with Gasteiger partial charge in [-0.25, -0.2) is 18.9 Å². The molecule has 0 aliphatic carbocycles. The first-order valence-corrected chi connectivity index (χ1v) is 8.53. The van der Waals surface area contributed by atoms with E-state index in [-0.39, 0.29) is 16.0 Å². The number of aromatic nitrogens is 3. The highest BCUT2D eigenvalue weighted by molar-refractivity contribution is 7.12.